The average molecular weight is 234 g/mol. The van der Waals surface area contributed by atoms with Gasteiger partial charge < -0.3 is 18.0 Å². The molecule has 0 aliphatic carbocycles. The molecule has 1 atom stereocenters. The minimum absolute atomic E-state index is 0.194. The van der Waals surface area contributed by atoms with Crippen LogP contribution in [0.1, 0.15) is 19.8 Å². The standard InChI is InChI=1S/C9H18O5Si/c1-4-5-6-13-15(11-2,12-3)7-8-9(10)14-8/h8H,4-7H2,1-3H3. The van der Waals surface area contributed by atoms with Crippen LogP contribution in [-0.4, -0.2) is 41.7 Å². The highest BCUT2D eigenvalue weighted by Crippen LogP contribution is 2.26. The second-order valence-corrected chi connectivity index (χ2v) is 6.30. The van der Waals surface area contributed by atoms with Gasteiger partial charge in [0.05, 0.1) is 6.04 Å². The van der Waals surface area contributed by atoms with E-state index in [9.17, 15) is 4.79 Å². The first kappa shape index (κ1) is 12.6. The number of rotatable bonds is 8. The molecular formula is C9H18O5Si. The van der Waals surface area contributed by atoms with E-state index in [2.05, 4.69) is 6.92 Å². The van der Waals surface area contributed by atoms with E-state index in [1.165, 1.54) is 0 Å². The molecule has 6 heteroatoms. The Hall–Kier alpha value is -0.433. The molecule has 0 spiro atoms. The fourth-order valence-electron chi connectivity index (χ4n) is 1.26. The van der Waals surface area contributed by atoms with Crippen LogP contribution in [0.2, 0.25) is 6.04 Å². The monoisotopic (exact) mass is 234 g/mol. The van der Waals surface area contributed by atoms with Gasteiger partial charge in [-0.25, -0.2) is 4.79 Å². The molecule has 1 heterocycles. The smallest absolute Gasteiger partial charge is 0.448 e. The molecule has 0 amide bonds. The quantitative estimate of drug-likeness (QED) is 0.356. The van der Waals surface area contributed by atoms with Crippen LogP contribution in [0, 0.1) is 0 Å². The summed E-state index contributed by atoms with van der Waals surface area (Å²) in [6.45, 7) is 2.69. The molecule has 1 fully saturated rings. The van der Waals surface area contributed by atoms with Gasteiger partial charge in [0.2, 0.25) is 6.10 Å². The fourth-order valence-corrected chi connectivity index (χ4v) is 3.27. The number of carbonyl (C=O) groups excluding carboxylic acids is 1. The molecule has 1 saturated heterocycles. The van der Waals surface area contributed by atoms with E-state index in [1.807, 2.05) is 0 Å². The zero-order valence-corrected chi connectivity index (χ0v) is 10.4. The SMILES string of the molecule is CCCCO[Si](CC1OC1=O)(OC)OC. The molecule has 0 saturated carbocycles. The molecule has 1 unspecified atom stereocenters. The summed E-state index contributed by atoms with van der Waals surface area (Å²) in [5.41, 5.74) is 0. The highest BCUT2D eigenvalue weighted by molar-refractivity contribution is 6.61. The fraction of sp³-hybridized carbons (Fsp3) is 0.889. The van der Waals surface area contributed by atoms with Gasteiger partial charge in [-0.3, -0.25) is 0 Å². The minimum Gasteiger partial charge on any atom is -0.448 e. The highest BCUT2D eigenvalue weighted by Gasteiger charge is 2.51. The van der Waals surface area contributed by atoms with Gasteiger partial charge in [-0.05, 0) is 6.42 Å². The van der Waals surface area contributed by atoms with Crippen LogP contribution in [0.5, 0.6) is 0 Å². The first-order valence-corrected chi connectivity index (χ1v) is 7.05. The zero-order valence-electron chi connectivity index (χ0n) is 9.45. The number of carbonyl (C=O) groups is 1. The highest BCUT2D eigenvalue weighted by atomic mass is 28.4. The van der Waals surface area contributed by atoms with Crippen LogP contribution in [0.25, 0.3) is 0 Å². The van der Waals surface area contributed by atoms with Crippen LogP contribution in [0.3, 0.4) is 0 Å². The van der Waals surface area contributed by atoms with E-state index >= 15 is 0 Å². The van der Waals surface area contributed by atoms with Crippen LogP contribution in [0.4, 0.5) is 0 Å². The summed E-state index contributed by atoms with van der Waals surface area (Å²) in [6.07, 6.45) is 1.63. The second-order valence-electron chi connectivity index (χ2n) is 3.42. The molecule has 15 heavy (non-hydrogen) atoms. The van der Waals surface area contributed by atoms with Gasteiger partial charge in [0.15, 0.2) is 0 Å². The van der Waals surface area contributed by atoms with Crippen molar-refractivity contribution in [3.05, 3.63) is 0 Å². The lowest BCUT2D eigenvalue weighted by Crippen LogP contribution is -2.45. The first-order chi connectivity index (χ1) is 7.17. The Balaban J connectivity index is 2.40. The number of ether oxygens (including phenoxy) is 1. The Kier molecular flexibility index (Phi) is 4.71. The Morgan fingerprint density at radius 1 is 1.40 bits per heavy atom. The van der Waals surface area contributed by atoms with Gasteiger partial charge in [0, 0.05) is 20.8 Å². The second kappa shape index (κ2) is 5.60. The van der Waals surface area contributed by atoms with Crippen LogP contribution >= 0.6 is 0 Å². The molecule has 0 aromatic heterocycles. The minimum atomic E-state index is -2.67. The van der Waals surface area contributed by atoms with Crippen molar-refractivity contribution in [1.29, 1.82) is 0 Å². The third-order valence-corrected chi connectivity index (χ3v) is 5.10. The normalized spacial score (nSPS) is 20.2. The average Bonchev–Trinajstić information content (AvgIpc) is 2.93. The summed E-state index contributed by atoms with van der Waals surface area (Å²) in [4.78, 5) is 10.8. The summed E-state index contributed by atoms with van der Waals surface area (Å²) in [5.74, 6) is -0.194. The van der Waals surface area contributed by atoms with Crippen molar-refractivity contribution < 1.29 is 22.8 Å². The lowest BCUT2D eigenvalue weighted by atomic mass is 10.4. The Morgan fingerprint density at radius 3 is 2.40 bits per heavy atom. The molecule has 0 N–H and O–H groups in total. The molecule has 1 rings (SSSR count). The van der Waals surface area contributed by atoms with Crippen LogP contribution in [0.15, 0.2) is 0 Å². The Morgan fingerprint density at radius 2 is 2.00 bits per heavy atom. The van der Waals surface area contributed by atoms with Gasteiger partial charge in [-0.15, -0.1) is 0 Å². The molecule has 0 aromatic carbocycles. The third-order valence-electron chi connectivity index (χ3n) is 2.34. The number of epoxide rings is 1. The predicted octanol–water partition coefficient (Wildman–Crippen LogP) is 0.960. The summed E-state index contributed by atoms with van der Waals surface area (Å²) in [7, 11) is 0.431. The van der Waals surface area contributed by atoms with Gasteiger partial charge in [0.25, 0.3) is 0 Å². The van der Waals surface area contributed by atoms with E-state index in [1.54, 1.807) is 14.2 Å². The number of unbranched alkanes of at least 4 members (excludes halogenated alkanes) is 1. The van der Waals surface area contributed by atoms with Crippen molar-refractivity contribution in [3.8, 4) is 0 Å². The number of hydrogen-bond acceptors (Lipinski definition) is 5. The lowest BCUT2D eigenvalue weighted by Gasteiger charge is -2.25. The summed E-state index contributed by atoms with van der Waals surface area (Å²) in [5, 5.41) is 0. The molecule has 0 aromatic rings. The summed E-state index contributed by atoms with van der Waals surface area (Å²) >= 11 is 0. The molecule has 5 nitrogen and oxygen atoms in total. The van der Waals surface area contributed by atoms with Crippen molar-refractivity contribution in [3.63, 3.8) is 0 Å². The van der Waals surface area contributed by atoms with E-state index in [0.29, 0.717) is 12.7 Å². The zero-order chi connectivity index (χ0) is 11.3. The molecular weight excluding hydrogens is 216 g/mol. The predicted molar refractivity (Wildman–Crippen MR) is 55.3 cm³/mol. The van der Waals surface area contributed by atoms with Gasteiger partial charge in [-0.2, -0.15) is 0 Å². The topological polar surface area (TPSA) is 57.3 Å². The van der Waals surface area contributed by atoms with E-state index in [4.69, 9.17) is 18.0 Å². The van der Waals surface area contributed by atoms with Crippen molar-refractivity contribution >= 4 is 14.8 Å². The maximum absolute atomic E-state index is 10.8. The Labute approximate surface area is 91.0 Å². The third kappa shape index (κ3) is 3.56. The van der Waals surface area contributed by atoms with Gasteiger partial charge in [-0.1, -0.05) is 13.3 Å². The van der Waals surface area contributed by atoms with Crippen LogP contribution < -0.4 is 0 Å². The van der Waals surface area contributed by atoms with Crippen molar-refractivity contribution in [2.45, 2.75) is 31.9 Å². The lowest BCUT2D eigenvalue weighted by molar-refractivity contribution is -0.117. The maximum atomic E-state index is 10.8. The summed E-state index contributed by atoms with van der Waals surface area (Å²) < 4.78 is 21.0. The first-order valence-electron chi connectivity index (χ1n) is 5.12. The molecule has 1 aliphatic heterocycles. The number of cyclic esters (lactones) is 1. The molecule has 1 aliphatic rings. The van der Waals surface area contributed by atoms with E-state index in [0.717, 1.165) is 12.8 Å². The van der Waals surface area contributed by atoms with Crippen molar-refractivity contribution in [2.24, 2.45) is 0 Å². The van der Waals surface area contributed by atoms with E-state index in [-0.39, 0.29) is 12.1 Å². The Bertz CT molecular complexity index is 217. The molecule has 0 radical (unpaired) electrons. The summed E-state index contributed by atoms with van der Waals surface area (Å²) in [6, 6.07) is 0.419. The number of hydrogen-bond donors (Lipinski definition) is 0. The van der Waals surface area contributed by atoms with Crippen molar-refractivity contribution in [1.82, 2.24) is 0 Å². The van der Waals surface area contributed by atoms with Crippen molar-refractivity contribution in [2.75, 3.05) is 20.8 Å². The van der Waals surface area contributed by atoms with Gasteiger partial charge in [0.1, 0.15) is 0 Å². The van der Waals surface area contributed by atoms with E-state index < -0.39 is 8.80 Å². The van der Waals surface area contributed by atoms with Gasteiger partial charge >= 0.3 is 14.8 Å². The largest absolute Gasteiger partial charge is 0.504 e. The van der Waals surface area contributed by atoms with Crippen LogP contribution in [-0.2, 0) is 22.8 Å². The maximum Gasteiger partial charge on any atom is 0.504 e. The molecule has 88 valence electrons. The molecule has 0 bridgehead atoms.